The summed E-state index contributed by atoms with van der Waals surface area (Å²) in [5, 5.41) is 2.61. The predicted molar refractivity (Wildman–Crippen MR) is 111 cm³/mol. The van der Waals surface area contributed by atoms with Crippen LogP contribution in [0.1, 0.15) is 23.2 Å². The largest absolute Gasteiger partial charge is 0.497 e. The summed E-state index contributed by atoms with van der Waals surface area (Å²) < 4.78 is 36.9. The molecule has 10 heteroatoms. The van der Waals surface area contributed by atoms with Gasteiger partial charge in [0.15, 0.2) is 6.61 Å². The monoisotopic (exact) mass is 452 g/mol. The fourth-order valence-electron chi connectivity index (χ4n) is 2.98. The summed E-state index contributed by atoms with van der Waals surface area (Å²) in [5.74, 6) is -0.719. The molecule has 0 bridgehead atoms. The Morgan fingerprint density at radius 1 is 1.10 bits per heavy atom. The van der Waals surface area contributed by atoms with Crippen molar-refractivity contribution in [1.29, 1.82) is 0 Å². The van der Waals surface area contributed by atoms with Gasteiger partial charge in [-0.25, -0.2) is 13.2 Å². The van der Waals surface area contributed by atoms with Crippen molar-refractivity contribution in [2.75, 3.05) is 32.1 Å². The molecule has 160 valence electrons. The first-order valence-electron chi connectivity index (χ1n) is 9.22. The Hall–Kier alpha value is -2.62. The fraction of sp³-hybridized carbons (Fsp3) is 0.300. The zero-order valence-corrected chi connectivity index (χ0v) is 17.8. The first-order valence-corrected chi connectivity index (χ1v) is 11.0. The van der Waals surface area contributed by atoms with E-state index in [-0.39, 0.29) is 15.5 Å². The summed E-state index contributed by atoms with van der Waals surface area (Å²) in [6.45, 7) is 0.305. The SMILES string of the molecule is COc1ccc(NC(=O)COC(=O)c2ccc(Cl)c(S(=O)(=O)N3CCCC3)c2)cc1. The minimum absolute atomic E-state index is 0.00517. The highest BCUT2D eigenvalue weighted by atomic mass is 35.5. The quantitative estimate of drug-likeness (QED) is 0.648. The van der Waals surface area contributed by atoms with Crippen LogP contribution in [0.5, 0.6) is 5.75 Å². The molecule has 0 aromatic heterocycles. The van der Waals surface area contributed by atoms with Gasteiger partial charge in [-0.2, -0.15) is 4.31 Å². The molecule has 1 amide bonds. The smallest absolute Gasteiger partial charge is 0.338 e. The average Bonchev–Trinajstić information content (AvgIpc) is 3.28. The molecular formula is C20H21ClN2O6S. The van der Waals surface area contributed by atoms with Crippen LogP contribution in [0.25, 0.3) is 0 Å². The Bertz CT molecular complexity index is 1030. The summed E-state index contributed by atoms with van der Waals surface area (Å²) in [5.41, 5.74) is 0.511. The second kappa shape index (κ2) is 9.46. The number of nitrogens with one attached hydrogen (secondary N) is 1. The summed E-state index contributed by atoms with van der Waals surface area (Å²) in [7, 11) is -2.27. The second-order valence-electron chi connectivity index (χ2n) is 6.61. The number of nitrogens with zero attached hydrogens (tertiary/aromatic N) is 1. The van der Waals surface area contributed by atoms with E-state index in [4.69, 9.17) is 21.1 Å². The van der Waals surface area contributed by atoms with Crippen molar-refractivity contribution < 1.29 is 27.5 Å². The fourth-order valence-corrected chi connectivity index (χ4v) is 5.00. The summed E-state index contributed by atoms with van der Waals surface area (Å²) >= 11 is 6.07. The number of carbonyl (C=O) groups is 2. The van der Waals surface area contributed by atoms with Crippen molar-refractivity contribution in [1.82, 2.24) is 4.31 Å². The molecule has 1 N–H and O–H groups in total. The Morgan fingerprint density at radius 3 is 2.40 bits per heavy atom. The van der Waals surface area contributed by atoms with Crippen LogP contribution in [0.2, 0.25) is 5.02 Å². The van der Waals surface area contributed by atoms with Gasteiger partial charge in [0.1, 0.15) is 10.6 Å². The van der Waals surface area contributed by atoms with Gasteiger partial charge in [0, 0.05) is 18.8 Å². The number of methoxy groups -OCH3 is 1. The van der Waals surface area contributed by atoms with Crippen LogP contribution in [-0.4, -0.2) is 51.4 Å². The molecule has 1 heterocycles. The van der Waals surface area contributed by atoms with Crippen molar-refractivity contribution >= 4 is 39.2 Å². The van der Waals surface area contributed by atoms with Gasteiger partial charge in [0.25, 0.3) is 5.91 Å². The summed E-state index contributed by atoms with van der Waals surface area (Å²) in [4.78, 5) is 24.2. The number of hydrogen-bond acceptors (Lipinski definition) is 6. The third-order valence-electron chi connectivity index (χ3n) is 4.56. The van der Waals surface area contributed by atoms with Gasteiger partial charge in [-0.15, -0.1) is 0 Å². The van der Waals surface area contributed by atoms with E-state index in [1.54, 1.807) is 24.3 Å². The highest BCUT2D eigenvalue weighted by Gasteiger charge is 2.30. The Balaban J connectivity index is 1.64. The third-order valence-corrected chi connectivity index (χ3v) is 6.94. The lowest BCUT2D eigenvalue weighted by molar-refractivity contribution is -0.119. The maximum atomic E-state index is 12.8. The van der Waals surface area contributed by atoms with E-state index in [2.05, 4.69) is 5.32 Å². The van der Waals surface area contributed by atoms with Crippen LogP contribution < -0.4 is 10.1 Å². The number of rotatable bonds is 7. The van der Waals surface area contributed by atoms with Crippen LogP contribution in [0.3, 0.4) is 0 Å². The van der Waals surface area contributed by atoms with Crippen molar-refractivity contribution in [2.45, 2.75) is 17.7 Å². The zero-order valence-electron chi connectivity index (χ0n) is 16.3. The molecular weight excluding hydrogens is 432 g/mol. The van der Waals surface area contributed by atoms with Gasteiger partial charge >= 0.3 is 5.97 Å². The van der Waals surface area contributed by atoms with Crippen LogP contribution in [-0.2, 0) is 19.6 Å². The first kappa shape index (κ1) is 22.1. The summed E-state index contributed by atoms with van der Waals surface area (Å²) in [6, 6.07) is 10.5. The lowest BCUT2D eigenvalue weighted by atomic mass is 10.2. The number of carbonyl (C=O) groups excluding carboxylic acids is 2. The lowest BCUT2D eigenvalue weighted by Gasteiger charge is -2.17. The van der Waals surface area contributed by atoms with E-state index in [1.807, 2.05) is 0 Å². The minimum atomic E-state index is -3.80. The zero-order chi connectivity index (χ0) is 21.7. The Labute approximate surface area is 179 Å². The number of benzene rings is 2. The van der Waals surface area contributed by atoms with Crippen molar-refractivity contribution in [3.05, 3.63) is 53.1 Å². The van der Waals surface area contributed by atoms with Crippen LogP contribution in [0, 0.1) is 0 Å². The van der Waals surface area contributed by atoms with Crippen molar-refractivity contribution in [3.63, 3.8) is 0 Å². The lowest BCUT2D eigenvalue weighted by Crippen LogP contribution is -2.28. The van der Waals surface area contributed by atoms with Crippen molar-refractivity contribution in [3.8, 4) is 5.75 Å². The molecule has 0 radical (unpaired) electrons. The highest BCUT2D eigenvalue weighted by Crippen LogP contribution is 2.28. The molecule has 0 aliphatic carbocycles. The molecule has 1 aliphatic rings. The maximum absolute atomic E-state index is 12.8. The molecule has 30 heavy (non-hydrogen) atoms. The molecule has 0 atom stereocenters. The molecule has 0 unspecified atom stereocenters. The molecule has 2 aromatic carbocycles. The highest BCUT2D eigenvalue weighted by molar-refractivity contribution is 7.89. The third kappa shape index (κ3) is 5.10. The van der Waals surface area contributed by atoms with E-state index in [9.17, 15) is 18.0 Å². The van der Waals surface area contributed by atoms with Gasteiger partial charge < -0.3 is 14.8 Å². The van der Waals surface area contributed by atoms with Gasteiger partial charge in [0.2, 0.25) is 10.0 Å². The number of amides is 1. The number of sulfonamides is 1. The molecule has 8 nitrogen and oxygen atoms in total. The summed E-state index contributed by atoms with van der Waals surface area (Å²) in [6.07, 6.45) is 1.56. The van der Waals surface area contributed by atoms with E-state index >= 15 is 0 Å². The number of hydrogen-bond donors (Lipinski definition) is 1. The second-order valence-corrected chi connectivity index (χ2v) is 8.92. The number of ether oxygens (including phenoxy) is 2. The first-order chi connectivity index (χ1) is 14.3. The van der Waals surface area contributed by atoms with Gasteiger partial charge in [-0.1, -0.05) is 11.6 Å². The topological polar surface area (TPSA) is 102 Å². The molecule has 0 spiro atoms. The maximum Gasteiger partial charge on any atom is 0.338 e. The molecule has 1 saturated heterocycles. The Kier molecular flexibility index (Phi) is 6.96. The standard InChI is InChI=1S/C20H21ClN2O6S/c1-28-16-7-5-15(6-8-16)22-19(24)13-29-20(25)14-4-9-17(21)18(12-14)30(26,27)23-10-2-3-11-23/h4-9,12H,2-3,10-11,13H2,1H3,(H,22,24). The number of halogens is 1. The average molecular weight is 453 g/mol. The number of esters is 1. The van der Waals surface area contributed by atoms with E-state index in [0.29, 0.717) is 24.5 Å². The molecule has 2 aromatic rings. The molecule has 1 fully saturated rings. The van der Waals surface area contributed by atoms with Crippen LogP contribution >= 0.6 is 11.6 Å². The van der Waals surface area contributed by atoms with Crippen LogP contribution in [0.15, 0.2) is 47.4 Å². The molecule has 1 aliphatic heterocycles. The van der Waals surface area contributed by atoms with E-state index in [1.165, 1.54) is 29.6 Å². The van der Waals surface area contributed by atoms with Gasteiger partial charge in [-0.05, 0) is 55.3 Å². The Morgan fingerprint density at radius 2 is 1.77 bits per heavy atom. The minimum Gasteiger partial charge on any atom is -0.497 e. The van der Waals surface area contributed by atoms with Gasteiger partial charge in [-0.3, -0.25) is 4.79 Å². The molecule has 3 rings (SSSR count). The normalized spacial score (nSPS) is 14.3. The van der Waals surface area contributed by atoms with Crippen molar-refractivity contribution in [2.24, 2.45) is 0 Å². The van der Waals surface area contributed by atoms with Gasteiger partial charge in [0.05, 0.1) is 17.7 Å². The van der Waals surface area contributed by atoms with E-state index in [0.717, 1.165) is 12.8 Å². The van der Waals surface area contributed by atoms with Crippen LogP contribution in [0.4, 0.5) is 5.69 Å². The van der Waals surface area contributed by atoms with E-state index < -0.39 is 28.5 Å². The number of anilines is 1. The molecule has 0 saturated carbocycles. The predicted octanol–water partition coefficient (Wildman–Crippen LogP) is 2.93.